The van der Waals surface area contributed by atoms with Crippen molar-refractivity contribution in [2.75, 3.05) is 21.9 Å². The van der Waals surface area contributed by atoms with Crippen LogP contribution in [0.2, 0.25) is 0 Å². The Morgan fingerprint density at radius 1 is 1.22 bits per heavy atom. The SMILES string of the molecule is CCC(C(=O)Nc1cc(N2CCCS2(=O)=O)ccc1C)c1ccc(F)cc1. The van der Waals surface area contributed by atoms with Crippen molar-refractivity contribution in [3.05, 3.63) is 59.4 Å². The zero-order chi connectivity index (χ0) is 19.6. The predicted molar refractivity (Wildman–Crippen MR) is 105 cm³/mol. The highest BCUT2D eigenvalue weighted by Crippen LogP contribution is 2.30. The van der Waals surface area contributed by atoms with Crippen LogP contribution in [-0.2, 0) is 14.8 Å². The molecule has 1 heterocycles. The van der Waals surface area contributed by atoms with E-state index in [0.717, 1.165) is 11.1 Å². The first kappa shape index (κ1) is 19.4. The van der Waals surface area contributed by atoms with E-state index in [-0.39, 0.29) is 17.5 Å². The van der Waals surface area contributed by atoms with E-state index in [1.54, 1.807) is 30.3 Å². The number of nitrogens with one attached hydrogen (secondary N) is 1. The van der Waals surface area contributed by atoms with Crippen molar-refractivity contribution in [1.29, 1.82) is 0 Å². The molecule has 1 atom stereocenters. The van der Waals surface area contributed by atoms with Gasteiger partial charge < -0.3 is 5.32 Å². The molecular formula is C20H23FN2O3S. The maximum atomic E-state index is 13.2. The van der Waals surface area contributed by atoms with Gasteiger partial charge in [0, 0.05) is 12.2 Å². The molecular weight excluding hydrogens is 367 g/mol. The molecule has 144 valence electrons. The third kappa shape index (κ3) is 4.13. The van der Waals surface area contributed by atoms with E-state index < -0.39 is 15.9 Å². The standard InChI is InChI=1S/C20H23FN2O3S/c1-3-18(15-6-8-16(21)9-7-15)20(24)22-19-13-17(10-5-14(19)2)23-11-4-12-27(23,25)26/h5-10,13,18H,3-4,11-12H2,1-2H3,(H,22,24). The average molecular weight is 390 g/mol. The number of anilines is 2. The molecule has 0 radical (unpaired) electrons. The molecule has 1 unspecified atom stereocenters. The summed E-state index contributed by atoms with van der Waals surface area (Å²) in [5.41, 5.74) is 2.73. The van der Waals surface area contributed by atoms with Crippen LogP contribution in [0.1, 0.15) is 36.8 Å². The Hall–Kier alpha value is -2.41. The number of hydrogen-bond donors (Lipinski definition) is 1. The lowest BCUT2D eigenvalue weighted by atomic mass is 9.95. The molecule has 0 spiro atoms. The Labute approximate surface area is 159 Å². The summed E-state index contributed by atoms with van der Waals surface area (Å²) in [6, 6.07) is 11.2. The molecule has 2 aromatic rings. The molecule has 1 aliphatic rings. The van der Waals surface area contributed by atoms with Gasteiger partial charge in [0.2, 0.25) is 15.9 Å². The third-order valence-corrected chi connectivity index (χ3v) is 6.73. The zero-order valence-electron chi connectivity index (χ0n) is 15.4. The lowest BCUT2D eigenvalue weighted by Gasteiger charge is -2.20. The summed E-state index contributed by atoms with van der Waals surface area (Å²) < 4.78 is 38.9. The maximum Gasteiger partial charge on any atom is 0.235 e. The van der Waals surface area contributed by atoms with E-state index in [1.165, 1.54) is 16.4 Å². The number of carbonyl (C=O) groups excluding carboxylic acids is 1. The number of aryl methyl sites for hydroxylation is 1. The number of rotatable bonds is 5. The number of benzene rings is 2. The number of sulfonamides is 1. The van der Waals surface area contributed by atoms with E-state index >= 15 is 0 Å². The number of amides is 1. The van der Waals surface area contributed by atoms with Crippen LogP contribution < -0.4 is 9.62 Å². The first-order valence-corrected chi connectivity index (χ1v) is 10.6. The van der Waals surface area contributed by atoms with Crippen LogP contribution in [0.15, 0.2) is 42.5 Å². The maximum absolute atomic E-state index is 13.2. The van der Waals surface area contributed by atoms with Gasteiger partial charge in [0.25, 0.3) is 0 Å². The molecule has 1 saturated heterocycles. The summed E-state index contributed by atoms with van der Waals surface area (Å²) in [6.45, 7) is 4.20. The molecule has 7 heteroatoms. The van der Waals surface area contributed by atoms with E-state index in [0.29, 0.717) is 30.8 Å². The van der Waals surface area contributed by atoms with Crippen molar-refractivity contribution in [1.82, 2.24) is 0 Å². The lowest BCUT2D eigenvalue weighted by Crippen LogP contribution is -2.25. The van der Waals surface area contributed by atoms with Crippen LogP contribution in [0.25, 0.3) is 0 Å². The van der Waals surface area contributed by atoms with Crippen LogP contribution in [0.3, 0.4) is 0 Å². The highest BCUT2D eigenvalue weighted by Gasteiger charge is 2.29. The molecule has 5 nitrogen and oxygen atoms in total. The summed E-state index contributed by atoms with van der Waals surface area (Å²) in [7, 11) is -3.28. The largest absolute Gasteiger partial charge is 0.325 e. The summed E-state index contributed by atoms with van der Waals surface area (Å²) in [4.78, 5) is 12.8. The Morgan fingerprint density at radius 2 is 1.93 bits per heavy atom. The van der Waals surface area contributed by atoms with Gasteiger partial charge in [-0.15, -0.1) is 0 Å². The van der Waals surface area contributed by atoms with Gasteiger partial charge in [0.1, 0.15) is 5.82 Å². The summed E-state index contributed by atoms with van der Waals surface area (Å²) >= 11 is 0. The highest BCUT2D eigenvalue weighted by molar-refractivity contribution is 7.93. The van der Waals surface area contributed by atoms with Gasteiger partial charge in [-0.2, -0.15) is 0 Å². The van der Waals surface area contributed by atoms with Gasteiger partial charge in [-0.05, 0) is 55.2 Å². The lowest BCUT2D eigenvalue weighted by molar-refractivity contribution is -0.117. The number of hydrogen-bond acceptors (Lipinski definition) is 3. The molecule has 3 rings (SSSR count). The van der Waals surface area contributed by atoms with Crippen molar-refractivity contribution in [2.45, 2.75) is 32.6 Å². The normalized spacial score (nSPS) is 16.9. The minimum absolute atomic E-state index is 0.144. The highest BCUT2D eigenvalue weighted by atomic mass is 32.2. The topological polar surface area (TPSA) is 66.5 Å². The average Bonchev–Trinajstić information content (AvgIpc) is 2.98. The summed E-state index contributed by atoms with van der Waals surface area (Å²) in [5.74, 6) is -0.812. The molecule has 0 aromatic heterocycles. The van der Waals surface area contributed by atoms with Gasteiger partial charge in [-0.25, -0.2) is 12.8 Å². The summed E-state index contributed by atoms with van der Waals surface area (Å²) in [6.07, 6.45) is 1.16. The van der Waals surface area contributed by atoms with Gasteiger partial charge in [0.05, 0.1) is 17.4 Å². The second-order valence-electron chi connectivity index (χ2n) is 6.74. The van der Waals surface area contributed by atoms with Crippen molar-refractivity contribution >= 4 is 27.3 Å². The molecule has 27 heavy (non-hydrogen) atoms. The van der Waals surface area contributed by atoms with Gasteiger partial charge in [-0.3, -0.25) is 9.10 Å². The minimum atomic E-state index is -3.28. The Balaban J connectivity index is 1.84. The van der Waals surface area contributed by atoms with E-state index in [4.69, 9.17) is 0 Å². The number of halogens is 1. The van der Waals surface area contributed by atoms with Gasteiger partial charge >= 0.3 is 0 Å². The number of nitrogens with zero attached hydrogens (tertiary/aromatic N) is 1. The second kappa shape index (κ2) is 7.68. The monoisotopic (exact) mass is 390 g/mol. The van der Waals surface area contributed by atoms with Crippen molar-refractivity contribution < 1.29 is 17.6 Å². The summed E-state index contributed by atoms with van der Waals surface area (Å²) in [5, 5.41) is 2.91. The Bertz CT molecular complexity index is 942. The van der Waals surface area contributed by atoms with Crippen LogP contribution in [0, 0.1) is 12.7 Å². The first-order chi connectivity index (χ1) is 12.8. The Morgan fingerprint density at radius 3 is 2.52 bits per heavy atom. The van der Waals surface area contributed by atoms with Crippen LogP contribution in [0.4, 0.5) is 15.8 Å². The van der Waals surface area contributed by atoms with Crippen LogP contribution >= 0.6 is 0 Å². The third-order valence-electron chi connectivity index (χ3n) is 4.86. The quantitative estimate of drug-likeness (QED) is 0.844. The van der Waals surface area contributed by atoms with Crippen molar-refractivity contribution in [3.63, 3.8) is 0 Å². The van der Waals surface area contributed by atoms with Crippen molar-refractivity contribution in [3.8, 4) is 0 Å². The number of carbonyl (C=O) groups is 1. The molecule has 1 N–H and O–H groups in total. The van der Waals surface area contributed by atoms with Gasteiger partial charge in [0.15, 0.2) is 0 Å². The molecule has 0 aliphatic carbocycles. The first-order valence-electron chi connectivity index (χ1n) is 8.99. The predicted octanol–water partition coefficient (Wildman–Crippen LogP) is 3.81. The Kier molecular flexibility index (Phi) is 5.51. The molecule has 0 saturated carbocycles. The van der Waals surface area contributed by atoms with E-state index in [1.807, 2.05) is 13.8 Å². The fourth-order valence-corrected chi connectivity index (χ4v) is 4.87. The van der Waals surface area contributed by atoms with Gasteiger partial charge in [-0.1, -0.05) is 25.1 Å². The molecule has 0 bridgehead atoms. The zero-order valence-corrected chi connectivity index (χ0v) is 16.2. The molecule has 2 aromatic carbocycles. The van der Waals surface area contributed by atoms with Crippen LogP contribution in [-0.4, -0.2) is 26.6 Å². The molecule has 1 amide bonds. The van der Waals surface area contributed by atoms with E-state index in [2.05, 4.69) is 5.32 Å². The molecule has 1 aliphatic heterocycles. The minimum Gasteiger partial charge on any atom is -0.325 e. The second-order valence-corrected chi connectivity index (χ2v) is 8.76. The van der Waals surface area contributed by atoms with E-state index in [9.17, 15) is 17.6 Å². The smallest absolute Gasteiger partial charge is 0.235 e. The fourth-order valence-electron chi connectivity index (χ4n) is 3.32. The van der Waals surface area contributed by atoms with Crippen molar-refractivity contribution in [2.24, 2.45) is 0 Å². The molecule has 1 fully saturated rings. The fraction of sp³-hybridized carbons (Fsp3) is 0.350. The van der Waals surface area contributed by atoms with Crippen LogP contribution in [0.5, 0.6) is 0 Å².